The van der Waals surface area contributed by atoms with Crippen molar-refractivity contribution in [3.63, 3.8) is 0 Å². The number of hydrogen-bond acceptors (Lipinski definition) is 2. The van der Waals surface area contributed by atoms with Crippen LogP contribution in [-0.2, 0) is 10.2 Å². The van der Waals surface area contributed by atoms with Crippen LogP contribution in [0.1, 0.15) is 51.0 Å². The molecule has 0 spiro atoms. The zero-order chi connectivity index (χ0) is 14.3. The summed E-state index contributed by atoms with van der Waals surface area (Å²) in [5, 5.41) is 0. The van der Waals surface area contributed by atoms with Gasteiger partial charge in [0.05, 0.1) is 6.73 Å². The van der Waals surface area contributed by atoms with Gasteiger partial charge < -0.3 is 4.74 Å². The molecule has 1 heterocycles. The minimum atomic E-state index is 0.403. The van der Waals surface area contributed by atoms with Gasteiger partial charge in [0.15, 0.2) is 0 Å². The number of nitrogens with zero attached hydrogens (tertiary/aromatic N) is 1. The lowest BCUT2D eigenvalue weighted by molar-refractivity contribution is 0.0306. The standard InChI is InChI=1S/C18H29NO/c1-3-4-8-11-18(17-9-6-5-7-10-17)12-14-19(15-13-18)16-20-2/h5-7,9-10H,3-4,8,11-16H2,1-2H3. The van der Waals surface area contributed by atoms with E-state index in [4.69, 9.17) is 4.74 Å². The molecule has 1 aliphatic heterocycles. The highest BCUT2D eigenvalue weighted by atomic mass is 16.5. The molecule has 0 aliphatic carbocycles. The predicted molar refractivity (Wildman–Crippen MR) is 84.9 cm³/mol. The second kappa shape index (κ2) is 7.80. The van der Waals surface area contributed by atoms with E-state index in [-0.39, 0.29) is 0 Å². The van der Waals surface area contributed by atoms with Crippen molar-refractivity contribution in [3.8, 4) is 0 Å². The van der Waals surface area contributed by atoms with E-state index in [1.54, 1.807) is 12.7 Å². The van der Waals surface area contributed by atoms with Crippen LogP contribution in [0, 0.1) is 0 Å². The van der Waals surface area contributed by atoms with Crippen LogP contribution in [-0.4, -0.2) is 31.8 Å². The maximum absolute atomic E-state index is 5.28. The van der Waals surface area contributed by atoms with E-state index in [0.29, 0.717) is 5.41 Å². The Morgan fingerprint density at radius 2 is 1.80 bits per heavy atom. The van der Waals surface area contributed by atoms with E-state index in [9.17, 15) is 0 Å². The van der Waals surface area contributed by atoms with Gasteiger partial charge in [0.2, 0.25) is 0 Å². The molecular formula is C18H29NO. The summed E-state index contributed by atoms with van der Waals surface area (Å²) in [6.45, 7) is 5.39. The summed E-state index contributed by atoms with van der Waals surface area (Å²) in [6, 6.07) is 11.2. The van der Waals surface area contributed by atoms with Crippen molar-refractivity contribution < 1.29 is 4.74 Å². The van der Waals surface area contributed by atoms with Gasteiger partial charge in [-0.15, -0.1) is 0 Å². The number of piperidine rings is 1. The van der Waals surface area contributed by atoms with Crippen molar-refractivity contribution >= 4 is 0 Å². The lowest BCUT2D eigenvalue weighted by Crippen LogP contribution is -2.43. The van der Waals surface area contributed by atoms with Gasteiger partial charge in [-0.1, -0.05) is 56.5 Å². The Morgan fingerprint density at radius 1 is 1.10 bits per heavy atom. The second-order valence-corrected chi connectivity index (χ2v) is 6.14. The molecule has 0 unspecified atom stereocenters. The van der Waals surface area contributed by atoms with Crippen LogP contribution in [0.4, 0.5) is 0 Å². The summed E-state index contributed by atoms with van der Waals surface area (Å²) < 4.78 is 5.28. The van der Waals surface area contributed by atoms with Gasteiger partial charge in [-0.05, 0) is 30.2 Å². The molecule has 0 amide bonds. The largest absolute Gasteiger partial charge is 0.369 e. The quantitative estimate of drug-likeness (QED) is 0.691. The smallest absolute Gasteiger partial charge is 0.0986 e. The van der Waals surface area contributed by atoms with Crippen LogP contribution in [0.5, 0.6) is 0 Å². The van der Waals surface area contributed by atoms with Crippen LogP contribution in [0.15, 0.2) is 30.3 Å². The highest BCUT2D eigenvalue weighted by molar-refractivity contribution is 5.26. The fourth-order valence-electron chi connectivity index (χ4n) is 3.48. The molecule has 0 radical (unpaired) electrons. The second-order valence-electron chi connectivity index (χ2n) is 6.14. The molecule has 0 bridgehead atoms. The van der Waals surface area contributed by atoms with Crippen molar-refractivity contribution in [2.75, 3.05) is 26.9 Å². The summed E-state index contributed by atoms with van der Waals surface area (Å²) in [4.78, 5) is 2.43. The summed E-state index contributed by atoms with van der Waals surface area (Å²) in [5.41, 5.74) is 1.95. The molecule has 2 rings (SSSR count). The van der Waals surface area contributed by atoms with Crippen molar-refractivity contribution in [2.45, 2.75) is 50.9 Å². The molecule has 1 aromatic rings. The number of hydrogen-bond donors (Lipinski definition) is 0. The van der Waals surface area contributed by atoms with Gasteiger partial charge in [-0.25, -0.2) is 0 Å². The molecular weight excluding hydrogens is 246 g/mol. The van der Waals surface area contributed by atoms with Gasteiger partial charge in [0.25, 0.3) is 0 Å². The van der Waals surface area contributed by atoms with Gasteiger partial charge in [-0.2, -0.15) is 0 Å². The number of benzene rings is 1. The first kappa shape index (κ1) is 15.5. The molecule has 2 heteroatoms. The van der Waals surface area contributed by atoms with Gasteiger partial charge >= 0.3 is 0 Å². The van der Waals surface area contributed by atoms with Crippen LogP contribution in [0.25, 0.3) is 0 Å². The van der Waals surface area contributed by atoms with Gasteiger partial charge in [0, 0.05) is 20.2 Å². The summed E-state index contributed by atoms with van der Waals surface area (Å²) in [7, 11) is 1.79. The van der Waals surface area contributed by atoms with Crippen LogP contribution in [0.2, 0.25) is 0 Å². The van der Waals surface area contributed by atoms with Crippen molar-refractivity contribution in [1.29, 1.82) is 0 Å². The van der Waals surface area contributed by atoms with Crippen molar-refractivity contribution in [3.05, 3.63) is 35.9 Å². The van der Waals surface area contributed by atoms with E-state index < -0.39 is 0 Å². The summed E-state index contributed by atoms with van der Waals surface area (Å²) >= 11 is 0. The first-order valence-corrected chi connectivity index (χ1v) is 8.07. The average molecular weight is 275 g/mol. The van der Waals surface area contributed by atoms with E-state index in [2.05, 4.69) is 42.2 Å². The van der Waals surface area contributed by atoms with E-state index >= 15 is 0 Å². The Morgan fingerprint density at radius 3 is 2.40 bits per heavy atom. The molecule has 2 nitrogen and oxygen atoms in total. The predicted octanol–water partition coefficient (Wildman–Crippen LogP) is 4.20. The lowest BCUT2D eigenvalue weighted by Gasteiger charge is -2.42. The van der Waals surface area contributed by atoms with E-state index in [0.717, 1.165) is 19.8 Å². The minimum absolute atomic E-state index is 0.403. The normalized spacial score (nSPS) is 19.1. The third-order valence-electron chi connectivity index (χ3n) is 4.77. The first-order chi connectivity index (χ1) is 9.80. The van der Waals surface area contributed by atoms with Crippen LogP contribution < -0.4 is 0 Å². The first-order valence-electron chi connectivity index (χ1n) is 8.07. The van der Waals surface area contributed by atoms with E-state index in [1.807, 2.05) is 0 Å². The highest BCUT2D eigenvalue weighted by Crippen LogP contribution is 2.40. The molecule has 0 N–H and O–H groups in total. The Bertz CT molecular complexity index is 368. The molecule has 1 aliphatic rings. The third kappa shape index (κ3) is 3.83. The fraction of sp³-hybridized carbons (Fsp3) is 0.667. The summed E-state index contributed by atoms with van der Waals surface area (Å²) in [6.07, 6.45) is 7.90. The Balaban J connectivity index is 2.06. The zero-order valence-electron chi connectivity index (χ0n) is 13.1. The van der Waals surface area contributed by atoms with E-state index in [1.165, 1.54) is 38.5 Å². The highest BCUT2D eigenvalue weighted by Gasteiger charge is 2.35. The fourth-order valence-corrected chi connectivity index (χ4v) is 3.48. The topological polar surface area (TPSA) is 12.5 Å². The molecule has 1 aromatic carbocycles. The molecule has 0 aromatic heterocycles. The number of unbranched alkanes of at least 4 members (excludes halogenated alkanes) is 2. The molecule has 1 fully saturated rings. The Kier molecular flexibility index (Phi) is 6.06. The Hall–Kier alpha value is -0.860. The number of ether oxygens (including phenoxy) is 1. The molecule has 1 saturated heterocycles. The lowest BCUT2D eigenvalue weighted by atomic mass is 9.69. The maximum Gasteiger partial charge on any atom is 0.0986 e. The van der Waals surface area contributed by atoms with Gasteiger partial charge in [0.1, 0.15) is 0 Å². The van der Waals surface area contributed by atoms with Gasteiger partial charge in [-0.3, -0.25) is 4.90 Å². The van der Waals surface area contributed by atoms with Crippen LogP contribution in [0.3, 0.4) is 0 Å². The number of methoxy groups -OCH3 is 1. The van der Waals surface area contributed by atoms with Crippen molar-refractivity contribution in [1.82, 2.24) is 4.90 Å². The maximum atomic E-state index is 5.28. The average Bonchev–Trinajstić information content (AvgIpc) is 2.51. The molecule has 0 atom stereocenters. The van der Waals surface area contributed by atoms with Crippen LogP contribution >= 0.6 is 0 Å². The van der Waals surface area contributed by atoms with Crippen molar-refractivity contribution in [2.24, 2.45) is 0 Å². The summed E-state index contributed by atoms with van der Waals surface area (Å²) in [5.74, 6) is 0. The minimum Gasteiger partial charge on any atom is -0.369 e. The molecule has 0 saturated carbocycles. The third-order valence-corrected chi connectivity index (χ3v) is 4.77. The Labute approximate surface area is 124 Å². The monoisotopic (exact) mass is 275 g/mol. The SMILES string of the molecule is CCCCCC1(c2ccccc2)CCN(COC)CC1. The number of likely N-dealkylation sites (tertiary alicyclic amines) is 1. The molecule has 20 heavy (non-hydrogen) atoms. The molecule has 112 valence electrons. The zero-order valence-corrected chi connectivity index (χ0v) is 13.1. The number of rotatable bonds is 7.